The van der Waals surface area contributed by atoms with E-state index in [1.54, 1.807) is 0 Å². The Labute approximate surface area is 162 Å². The van der Waals surface area contributed by atoms with Crippen LogP contribution in [0, 0.1) is 0 Å². The van der Waals surface area contributed by atoms with Gasteiger partial charge in [0, 0.05) is 0 Å². The highest BCUT2D eigenvalue weighted by molar-refractivity contribution is 7.86. The third-order valence-electron chi connectivity index (χ3n) is 5.37. The van der Waals surface area contributed by atoms with E-state index >= 15 is 0 Å². The van der Waals surface area contributed by atoms with E-state index in [1.165, 1.54) is 90.4 Å². The van der Waals surface area contributed by atoms with Gasteiger partial charge in [0.1, 0.15) is 5.25 Å². The molecule has 0 bridgehead atoms. The molecular weight excluding hydrogens is 348 g/mol. The van der Waals surface area contributed by atoms with Gasteiger partial charge in [-0.1, -0.05) is 110 Å². The molecule has 5 heteroatoms. The number of hydrogen-bond acceptors (Lipinski definition) is 3. The van der Waals surface area contributed by atoms with E-state index in [-0.39, 0.29) is 0 Å². The van der Waals surface area contributed by atoms with Crippen LogP contribution >= 0.6 is 0 Å². The number of unbranched alkanes of at least 4 members (excludes halogenated alkanes) is 15. The van der Waals surface area contributed by atoms with Crippen molar-refractivity contribution in [2.75, 3.05) is 0 Å². The summed E-state index contributed by atoms with van der Waals surface area (Å²) in [4.78, 5) is 0. The molecular formula is C21H44O4S. The number of rotatable bonds is 19. The quantitative estimate of drug-likeness (QED) is 0.200. The van der Waals surface area contributed by atoms with Gasteiger partial charge in [-0.15, -0.1) is 0 Å². The Kier molecular flexibility index (Phi) is 16.9. The van der Waals surface area contributed by atoms with Crippen LogP contribution in [0.4, 0.5) is 0 Å². The maximum atomic E-state index is 10.9. The highest BCUT2D eigenvalue weighted by Gasteiger charge is 2.25. The summed E-state index contributed by atoms with van der Waals surface area (Å²) < 4.78 is 30.8. The fourth-order valence-electron chi connectivity index (χ4n) is 3.33. The van der Waals surface area contributed by atoms with E-state index < -0.39 is 21.5 Å². The standard InChI is InChI=1S/C21H44O4S/c1-3-4-5-6-7-8-9-10-11-12-13-14-15-16-17-18-19-21(22)20(2)26(23,24)25/h20-22H,3-19H2,1-2H3,(H,23,24,25). The molecule has 0 aromatic heterocycles. The van der Waals surface area contributed by atoms with E-state index in [0.29, 0.717) is 6.42 Å². The Hall–Kier alpha value is -0.130. The lowest BCUT2D eigenvalue weighted by atomic mass is 10.0. The van der Waals surface area contributed by atoms with Crippen LogP contribution in [0.1, 0.15) is 123 Å². The summed E-state index contributed by atoms with van der Waals surface area (Å²) >= 11 is 0. The Morgan fingerprint density at radius 3 is 1.27 bits per heavy atom. The third-order valence-corrected chi connectivity index (χ3v) is 6.62. The van der Waals surface area contributed by atoms with Crippen molar-refractivity contribution in [3.8, 4) is 0 Å². The zero-order valence-corrected chi connectivity index (χ0v) is 18.1. The van der Waals surface area contributed by atoms with E-state index in [4.69, 9.17) is 4.55 Å². The fourth-order valence-corrected chi connectivity index (χ4v) is 3.87. The average Bonchev–Trinajstić information content (AvgIpc) is 2.59. The molecule has 0 aliphatic rings. The number of aliphatic hydroxyl groups excluding tert-OH is 1. The van der Waals surface area contributed by atoms with Gasteiger partial charge in [-0.2, -0.15) is 8.42 Å². The van der Waals surface area contributed by atoms with Crippen molar-refractivity contribution in [3.05, 3.63) is 0 Å². The summed E-state index contributed by atoms with van der Waals surface area (Å²) in [5.74, 6) is 0. The molecule has 0 saturated heterocycles. The first kappa shape index (κ1) is 25.9. The van der Waals surface area contributed by atoms with Crippen LogP contribution in [0.5, 0.6) is 0 Å². The lowest BCUT2D eigenvalue weighted by Gasteiger charge is -2.15. The zero-order chi connectivity index (χ0) is 19.7. The van der Waals surface area contributed by atoms with Gasteiger partial charge in [0.25, 0.3) is 10.1 Å². The van der Waals surface area contributed by atoms with Crippen LogP contribution in [0.3, 0.4) is 0 Å². The molecule has 0 spiro atoms. The molecule has 0 rings (SSSR count). The van der Waals surface area contributed by atoms with Crippen molar-refractivity contribution in [3.63, 3.8) is 0 Å². The topological polar surface area (TPSA) is 74.6 Å². The van der Waals surface area contributed by atoms with Gasteiger partial charge in [-0.05, 0) is 13.3 Å². The first-order chi connectivity index (χ1) is 12.4. The minimum Gasteiger partial charge on any atom is -0.392 e. The van der Waals surface area contributed by atoms with E-state index in [1.807, 2.05) is 0 Å². The van der Waals surface area contributed by atoms with Crippen molar-refractivity contribution < 1.29 is 18.1 Å². The molecule has 2 atom stereocenters. The summed E-state index contributed by atoms with van der Waals surface area (Å²) in [5.41, 5.74) is 0. The predicted molar refractivity (Wildman–Crippen MR) is 111 cm³/mol. The van der Waals surface area contributed by atoms with Gasteiger partial charge >= 0.3 is 0 Å². The molecule has 0 fully saturated rings. The second-order valence-electron chi connectivity index (χ2n) is 7.88. The second kappa shape index (κ2) is 17.0. The van der Waals surface area contributed by atoms with Crippen LogP contribution in [0.15, 0.2) is 0 Å². The number of aliphatic hydroxyl groups is 1. The van der Waals surface area contributed by atoms with Crippen LogP contribution in [-0.2, 0) is 10.1 Å². The summed E-state index contributed by atoms with van der Waals surface area (Å²) in [6, 6.07) is 0. The van der Waals surface area contributed by atoms with Gasteiger partial charge in [-0.25, -0.2) is 0 Å². The zero-order valence-electron chi connectivity index (χ0n) is 17.3. The van der Waals surface area contributed by atoms with Gasteiger partial charge in [-0.3, -0.25) is 4.55 Å². The maximum absolute atomic E-state index is 10.9. The molecule has 0 aliphatic carbocycles. The average molecular weight is 393 g/mol. The minimum absolute atomic E-state index is 0.444. The SMILES string of the molecule is CCCCCCCCCCCCCCCCCCC(O)C(C)S(=O)(=O)O. The Bertz CT molecular complexity index is 395. The van der Waals surface area contributed by atoms with Crippen LogP contribution < -0.4 is 0 Å². The molecule has 0 heterocycles. The van der Waals surface area contributed by atoms with Crippen molar-refractivity contribution in [2.24, 2.45) is 0 Å². The second-order valence-corrected chi connectivity index (χ2v) is 9.65. The molecule has 158 valence electrons. The summed E-state index contributed by atoms with van der Waals surface area (Å²) in [7, 11) is -4.12. The van der Waals surface area contributed by atoms with Crippen molar-refractivity contribution in [1.29, 1.82) is 0 Å². The molecule has 0 radical (unpaired) electrons. The van der Waals surface area contributed by atoms with Crippen LogP contribution in [0.2, 0.25) is 0 Å². The Balaban J connectivity index is 3.25. The third kappa shape index (κ3) is 16.1. The number of hydrogen-bond donors (Lipinski definition) is 2. The Morgan fingerprint density at radius 2 is 0.962 bits per heavy atom. The largest absolute Gasteiger partial charge is 0.392 e. The summed E-state index contributed by atoms with van der Waals surface area (Å²) in [5, 5.41) is 8.64. The first-order valence-electron chi connectivity index (χ1n) is 11.0. The van der Waals surface area contributed by atoms with E-state index in [9.17, 15) is 13.5 Å². The molecule has 2 unspecified atom stereocenters. The van der Waals surface area contributed by atoms with Crippen LogP contribution in [0.25, 0.3) is 0 Å². The summed E-state index contributed by atoms with van der Waals surface area (Å²) in [6.45, 7) is 3.62. The van der Waals surface area contributed by atoms with Crippen molar-refractivity contribution in [2.45, 2.75) is 134 Å². The fraction of sp³-hybridized carbons (Fsp3) is 1.00. The van der Waals surface area contributed by atoms with E-state index in [0.717, 1.165) is 19.3 Å². The summed E-state index contributed by atoms with van der Waals surface area (Å²) in [6.07, 6.45) is 20.2. The van der Waals surface area contributed by atoms with Gasteiger partial charge in [0.15, 0.2) is 0 Å². The lowest BCUT2D eigenvalue weighted by Crippen LogP contribution is -2.30. The predicted octanol–water partition coefficient (Wildman–Crippen LogP) is 6.28. The molecule has 4 nitrogen and oxygen atoms in total. The smallest absolute Gasteiger partial charge is 0.270 e. The molecule has 0 saturated carbocycles. The minimum atomic E-state index is -4.12. The van der Waals surface area contributed by atoms with Crippen molar-refractivity contribution >= 4 is 10.1 Å². The van der Waals surface area contributed by atoms with Crippen LogP contribution in [-0.4, -0.2) is 29.4 Å². The van der Waals surface area contributed by atoms with E-state index in [2.05, 4.69) is 6.92 Å². The maximum Gasteiger partial charge on any atom is 0.270 e. The molecule has 0 aromatic rings. The molecule has 0 aromatic carbocycles. The normalized spacial score (nSPS) is 14.5. The van der Waals surface area contributed by atoms with Gasteiger partial charge in [0.05, 0.1) is 6.10 Å². The highest BCUT2D eigenvalue weighted by atomic mass is 32.2. The van der Waals surface area contributed by atoms with Gasteiger partial charge < -0.3 is 5.11 Å². The molecule has 0 aliphatic heterocycles. The Morgan fingerprint density at radius 1 is 0.654 bits per heavy atom. The lowest BCUT2D eigenvalue weighted by molar-refractivity contribution is 0.155. The molecule has 26 heavy (non-hydrogen) atoms. The highest BCUT2D eigenvalue weighted by Crippen LogP contribution is 2.15. The monoisotopic (exact) mass is 392 g/mol. The van der Waals surface area contributed by atoms with Crippen molar-refractivity contribution in [1.82, 2.24) is 0 Å². The molecule has 0 amide bonds. The first-order valence-corrected chi connectivity index (χ1v) is 12.5. The van der Waals surface area contributed by atoms with Gasteiger partial charge in [0.2, 0.25) is 0 Å². The molecule has 2 N–H and O–H groups in total.